The van der Waals surface area contributed by atoms with Crippen molar-refractivity contribution in [2.75, 3.05) is 5.73 Å². The first-order valence-electron chi connectivity index (χ1n) is 4.99. The van der Waals surface area contributed by atoms with Crippen LogP contribution in [0.15, 0.2) is 34.1 Å². The minimum Gasteiger partial charge on any atom is -0.744 e. The first kappa shape index (κ1) is 14.5. The number of phenolic OH excluding ortho intramolecular Hbond substituents is 1. The highest BCUT2D eigenvalue weighted by Gasteiger charge is 2.19. The van der Waals surface area contributed by atoms with Gasteiger partial charge < -0.3 is 19.9 Å². The van der Waals surface area contributed by atoms with Crippen molar-refractivity contribution in [2.24, 2.45) is 0 Å². The van der Waals surface area contributed by atoms with Gasteiger partial charge >= 0.3 is 0 Å². The first-order chi connectivity index (χ1) is 9.03. The van der Waals surface area contributed by atoms with E-state index in [-0.39, 0.29) is 11.1 Å². The Bertz CT molecular complexity index is 844. The molecule has 2 rings (SSSR count). The van der Waals surface area contributed by atoms with Crippen LogP contribution in [-0.2, 0) is 20.2 Å². The minimum absolute atomic E-state index is 0.171. The number of phenols is 1. The topological polar surface area (TPSA) is 161 Å². The lowest BCUT2D eigenvalue weighted by Crippen LogP contribution is -2.06. The molecular formula is C10H7NO7S2-2. The summed E-state index contributed by atoms with van der Waals surface area (Å²) < 4.78 is 67.0. The van der Waals surface area contributed by atoms with Crippen LogP contribution in [0.25, 0.3) is 10.8 Å². The number of nitrogens with two attached hydrogens (primary N) is 1. The standard InChI is InChI=1S/C10H9NO7S2/c11-5-1-3-7(19(13,14)15)10-8(20(16,17)18)4-2-6(12)9(5)10/h1-4,12H,11H2,(H,13,14,15)(H,16,17,18)/p-2. The zero-order chi connectivity index (χ0) is 15.3. The van der Waals surface area contributed by atoms with Crippen molar-refractivity contribution in [3.8, 4) is 5.75 Å². The molecule has 0 spiro atoms. The van der Waals surface area contributed by atoms with E-state index in [4.69, 9.17) is 5.73 Å². The average Bonchev–Trinajstić information content (AvgIpc) is 2.25. The van der Waals surface area contributed by atoms with Crippen molar-refractivity contribution in [3.05, 3.63) is 24.3 Å². The van der Waals surface area contributed by atoms with Crippen LogP contribution in [0.1, 0.15) is 0 Å². The third-order valence-electron chi connectivity index (χ3n) is 2.63. The normalized spacial score (nSPS) is 12.7. The van der Waals surface area contributed by atoms with Crippen molar-refractivity contribution < 1.29 is 31.0 Å². The van der Waals surface area contributed by atoms with Gasteiger partial charge in [-0.1, -0.05) is 0 Å². The SMILES string of the molecule is Nc1ccc(S(=O)(=O)[O-])c2c(S(=O)(=O)[O-])ccc(O)c12. The van der Waals surface area contributed by atoms with Crippen LogP contribution in [0.5, 0.6) is 5.75 Å². The molecule has 0 fully saturated rings. The summed E-state index contributed by atoms with van der Waals surface area (Å²) in [5.74, 6) is -0.546. The van der Waals surface area contributed by atoms with Gasteiger partial charge in [-0.2, -0.15) is 0 Å². The summed E-state index contributed by atoms with van der Waals surface area (Å²) in [4.78, 5) is -1.88. The number of benzene rings is 2. The molecule has 0 atom stereocenters. The zero-order valence-corrected chi connectivity index (χ0v) is 11.2. The van der Waals surface area contributed by atoms with Crippen LogP contribution in [0.2, 0.25) is 0 Å². The monoisotopic (exact) mass is 317 g/mol. The van der Waals surface area contributed by atoms with Crippen LogP contribution in [0, 0.1) is 0 Å². The Labute approximate surface area is 114 Å². The number of fused-ring (bicyclic) bond motifs is 1. The predicted molar refractivity (Wildman–Crippen MR) is 66.0 cm³/mol. The van der Waals surface area contributed by atoms with Gasteiger partial charge in [0, 0.05) is 16.5 Å². The zero-order valence-electron chi connectivity index (χ0n) is 9.60. The molecular weight excluding hydrogens is 310 g/mol. The second kappa shape index (κ2) is 4.31. The maximum absolute atomic E-state index is 11.2. The summed E-state index contributed by atoms with van der Waals surface area (Å²) in [5.41, 5.74) is 5.36. The van der Waals surface area contributed by atoms with Gasteiger partial charge in [0.1, 0.15) is 26.0 Å². The minimum atomic E-state index is -5.07. The van der Waals surface area contributed by atoms with Gasteiger partial charge in [0.2, 0.25) is 0 Å². The van der Waals surface area contributed by atoms with Gasteiger partial charge in [-0.05, 0) is 24.3 Å². The van der Waals surface area contributed by atoms with E-state index in [1.54, 1.807) is 0 Å². The summed E-state index contributed by atoms with van der Waals surface area (Å²) in [6, 6.07) is 3.40. The Morgan fingerprint density at radius 2 is 1.30 bits per heavy atom. The fourth-order valence-electron chi connectivity index (χ4n) is 1.86. The van der Waals surface area contributed by atoms with E-state index < -0.39 is 41.2 Å². The Morgan fingerprint density at radius 3 is 1.75 bits per heavy atom. The first-order valence-corrected chi connectivity index (χ1v) is 7.81. The van der Waals surface area contributed by atoms with Crippen molar-refractivity contribution in [2.45, 2.75) is 9.79 Å². The molecule has 2 aromatic carbocycles. The van der Waals surface area contributed by atoms with E-state index in [2.05, 4.69) is 0 Å². The van der Waals surface area contributed by atoms with Crippen molar-refractivity contribution in [3.63, 3.8) is 0 Å². The second-order valence-corrected chi connectivity index (χ2v) is 6.59. The molecule has 0 saturated carbocycles. The highest BCUT2D eigenvalue weighted by atomic mass is 32.2. The van der Waals surface area contributed by atoms with Crippen molar-refractivity contribution in [1.82, 2.24) is 0 Å². The molecule has 0 amide bonds. The maximum atomic E-state index is 11.2. The maximum Gasteiger partial charge on any atom is 0.125 e. The molecule has 0 aliphatic carbocycles. The molecule has 3 N–H and O–H groups in total. The number of aromatic hydroxyl groups is 1. The van der Waals surface area contributed by atoms with Crippen LogP contribution >= 0.6 is 0 Å². The summed E-state index contributed by atoms with van der Waals surface area (Å²) >= 11 is 0. The van der Waals surface area contributed by atoms with E-state index in [1.807, 2.05) is 0 Å². The Morgan fingerprint density at radius 1 is 0.850 bits per heavy atom. The third kappa shape index (κ3) is 2.29. The molecule has 2 aromatic rings. The Kier molecular flexibility index (Phi) is 3.13. The van der Waals surface area contributed by atoms with Gasteiger partial charge in [-0.25, -0.2) is 16.8 Å². The summed E-state index contributed by atoms with van der Waals surface area (Å²) in [5, 5.41) is 8.58. The van der Waals surface area contributed by atoms with Crippen LogP contribution in [0.4, 0.5) is 5.69 Å². The van der Waals surface area contributed by atoms with Gasteiger partial charge in [0.15, 0.2) is 0 Å². The van der Waals surface area contributed by atoms with E-state index >= 15 is 0 Å². The quantitative estimate of drug-likeness (QED) is 0.575. The molecule has 0 bridgehead atoms. The fraction of sp³-hybridized carbons (Fsp3) is 0. The summed E-state index contributed by atoms with van der Waals surface area (Å²) in [6.07, 6.45) is 0. The van der Waals surface area contributed by atoms with E-state index in [0.717, 1.165) is 18.2 Å². The van der Waals surface area contributed by atoms with E-state index in [1.165, 1.54) is 0 Å². The molecule has 0 aliphatic rings. The highest BCUT2D eigenvalue weighted by molar-refractivity contribution is 7.87. The molecule has 8 nitrogen and oxygen atoms in total. The lowest BCUT2D eigenvalue weighted by Gasteiger charge is -2.17. The van der Waals surface area contributed by atoms with Crippen LogP contribution < -0.4 is 5.73 Å². The van der Waals surface area contributed by atoms with Crippen molar-refractivity contribution in [1.29, 1.82) is 0 Å². The lowest BCUT2D eigenvalue weighted by atomic mass is 10.1. The third-order valence-corrected chi connectivity index (χ3v) is 4.39. The second-order valence-electron chi connectivity index (χ2n) is 3.89. The van der Waals surface area contributed by atoms with Crippen LogP contribution in [0.3, 0.4) is 0 Å². The molecule has 108 valence electrons. The number of anilines is 1. The highest BCUT2D eigenvalue weighted by Crippen LogP contribution is 2.38. The molecule has 20 heavy (non-hydrogen) atoms. The molecule has 0 aromatic heterocycles. The molecule has 0 aliphatic heterocycles. The fourth-order valence-corrected chi connectivity index (χ4v) is 3.32. The van der Waals surface area contributed by atoms with Gasteiger partial charge in [0.25, 0.3) is 0 Å². The number of nitrogen functional groups attached to an aromatic ring is 1. The van der Waals surface area contributed by atoms with Crippen molar-refractivity contribution >= 4 is 36.7 Å². The van der Waals surface area contributed by atoms with Crippen LogP contribution in [-0.4, -0.2) is 31.0 Å². The predicted octanol–water partition coefficient (Wildman–Crippen LogP) is -0.0642. The van der Waals surface area contributed by atoms with Gasteiger partial charge in [0.05, 0.1) is 9.79 Å². The Balaban J connectivity index is 3.22. The van der Waals surface area contributed by atoms with Gasteiger partial charge in [-0.15, -0.1) is 0 Å². The van der Waals surface area contributed by atoms with E-state index in [0.29, 0.717) is 6.07 Å². The van der Waals surface area contributed by atoms with E-state index in [9.17, 15) is 31.0 Å². The average molecular weight is 317 g/mol. The molecule has 0 unspecified atom stereocenters. The summed E-state index contributed by atoms with van der Waals surface area (Å²) in [6.45, 7) is 0. The van der Waals surface area contributed by atoms with Gasteiger partial charge in [-0.3, -0.25) is 0 Å². The Hall–Kier alpha value is -1.88. The largest absolute Gasteiger partial charge is 0.744 e. The molecule has 0 saturated heterocycles. The molecule has 0 radical (unpaired) electrons. The number of hydrogen-bond donors (Lipinski definition) is 2. The molecule has 0 heterocycles. The lowest BCUT2D eigenvalue weighted by molar-refractivity contribution is 0.463. The smallest absolute Gasteiger partial charge is 0.125 e. The number of rotatable bonds is 2. The molecule has 10 heteroatoms. The number of hydrogen-bond acceptors (Lipinski definition) is 8. The summed E-state index contributed by atoms with van der Waals surface area (Å²) in [7, 11) is -10.1.